The van der Waals surface area contributed by atoms with Crippen molar-refractivity contribution in [3.05, 3.63) is 132 Å². The van der Waals surface area contributed by atoms with Crippen molar-refractivity contribution in [3.8, 4) is 17.6 Å². The zero-order chi connectivity index (χ0) is 28.5. The van der Waals surface area contributed by atoms with Crippen LogP contribution in [0.5, 0.6) is 11.5 Å². The SMILES string of the molecule is N#C/C(=C\c1cc(Br)ccc1OCc1ccc([N+](=O)[O-])cc1)C(=O)Nc1ccc(OCc2ccc(Br)cc2)cc1. The number of nitrogens with one attached hydrogen (secondary N) is 1. The maximum Gasteiger partial charge on any atom is 0.269 e. The first-order chi connectivity index (χ1) is 19.3. The molecule has 0 fully saturated rings. The number of rotatable bonds is 10. The number of nitro benzene ring substituents is 1. The van der Waals surface area contributed by atoms with Gasteiger partial charge in [0.25, 0.3) is 11.6 Å². The van der Waals surface area contributed by atoms with E-state index in [0.29, 0.717) is 29.4 Å². The van der Waals surface area contributed by atoms with E-state index in [1.807, 2.05) is 30.3 Å². The average molecular weight is 663 g/mol. The number of amides is 1. The second kappa shape index (κ2) is 13.6. The van der Waals surface area contributed by atoms with Gasteiger partial charge in [-0.05, 0) is 83.9 Å². The molecule has 0 spiro atoms. The lowest BCUT2D eigenvalue weighted by atomic mass is 10.1. The third-order valence-corrected chi connectivity index (χ3v) is 6.63. The first-order valence-corrected chi connectivity index (χ1v) is 13.5. The molecule has 0 saturated heterocycles. The molecule has 0 bridgehead atoms. The topological polar surface area (TPSA) is 114 Å². The minimum Gasteiger partial charge on any atom is -0.489 e. The lowest BCUT2D eigenvalue weighted by Crippen LogP contribution is -2.13. The van der Waals surface area contributed by atoms with Gasteiger partial charge in [-0.1, -0.05) is 44.0 Å². The molecular formula is C30H21Br2N3O5. The third kappa shape index (κ3) is 8.02. The van der Waals surface area contributed by atoms with Crippen molar-refractivity contribution in [1.82, 2.24) is 0 Å². The standard InChI is InChI=1S/C30H21Br2N3O5/c31-24-5-1-20(2-6-24)18-39-28-12-8-26(9-13-28)34-30(36)23(17-33)15-22-16-25(32)7-14-29(22)40-19-21-3-10-27(11-4-21)35(37)38/h1-16H,18-19H2,(H,34,36)/b23-15+. The highest BCUT2D eigenvalue weighted by atomic mass is 79.9. The monoisotopic (exact) mass is 661 g/mol. The van der Waals surface area contributed by atoms with Crippen molar-refractivity contribution >= 4 is 55.2 Å². The number of anilines is 1. The van der Waals surface area contributed by atoms with Gasteiger partial charge in [0.15, 0.2) is 0 Å². The summed E-state index contributed by atoms with van der Waals surface area (Å²) in [5.41, 5.74) is 2.64. The Kier molecular flexibility index (Phi) is 9.67. The molecule has 4 rings (SSSR count). The molecule has 40 heavy (non-hydrogen) atoms. The predicted molar refractivity (Wildman–Crippen MR) is 159 cm³/mol. The van der Waals surface area contributed by atoms with Crippen molar-refractivity contribution in [2.24, 2.45) is 0 Å². The molecule has 0 aliphatic carbocycles. The number of hydrogen-bond donors (Lipinski definition) is 1. The summed E-state index contributed by atoms with van der Waals surface area (Å²) in [6.07, 6.45) is 1.45. The molecule has 0 radical (unpaired) electrons. The van der Waals surface area contributed by atoms with Crippen LogP contribution in [0.25, 0.3) is 6.08 Å². The summed E-state index contributed by atoms with van der Waals surface area (Å²) in [6.45, 7) is 0.548. The van der Waals surface area contributed by atoms with Crippen molar-refractivity contribution in [3.63, 3.8) is 0 Å². The van der Waals surface area contributed by atoms with Crippen LogP contribution in [0.1, 0.15) is 16.7 Å². The molecule has 8 nitrogen and oxygen atoms in total. The maximum atomic E-state index is 12.9. The van der Waals surface area contributed by atoms with Gasteiger partial charge in [0.05, 0.1) is 4.92 Å². The number of carbonyl (C=O) groups excluding carboxylic acids is 1. The summed E-state index contributed by atoms with van der Waals surface area (Å²) < 4.78 is 13.4. The van der Waals surface area contributed by atoms with Gasteiger partial charge < -0.3 is 14.8 Å². The minimum atomic E-state index is -0.577. The van der Waals surface area contributed by atoms with Crippen LogP contribution in [-0.4, -0.2) is 10.8 Å². The number of carbonyl (C=O) groups is 1. The minimum absolute atomic E-state index is 0.0106. The molecule has 10 heteroatoms. The highest BCUT2D eigenvalue weighted by Gasteiger charge is 2.13. The molecule has 1 amide bonds. The van der Waals surface area contributed by atoms with E-state index in [-0.39, 0.29) is 17.9 Å². The van der Waals surface area contributed by atoms with Gasteiger partial charge in [-0.25, -0.2) is 0 Å². The Hall–Kier alpha value is -4.46. The zero-order valence-corrected chi connectivity index (χ0v) is 24.0. The molecule has 0 aromatic heterocycles. The predicted octanol–water partition coefficient (Wildman–Crippen LogP) is 7.82. The van der Waals surface area contributed by atoms with E-state index in [1.165, 1.54) is 18.2 Å². The van der Waals surface area contributed by atoms with Crippen molar-refractivity contribution < 1.29 is 19.2 Å². The Morgan fingerprint density at radius 1 is 0.875 bits per heavy atom. The number of non-ortho nitro benzene ring substituents is 1. The highest BCUT2D eigenvalue weighted by molar-refractivity contribution is 9.10. The lowest BCUT2D eigenvalue weighted by molar-refractivity contribution is -0.384. The number of halogens is 2. The van der Waals surface area contributed by atoms with Crippen LogP contribution in [0.4, 0.5) is 11.4 Å². The average Bonchev–Trinajstić information content (AvgIpc) is 2.96. The molecule has 1 N–H and O–H groups in total. The largest absolute Gasteiger partial charge is 0.489 e. The van der Waals surface area contributed by atoms with Crippen molar-refractivity contribution in [2.45, 2.75) is 13.2 Å². The number of nitro groups is 1. The van der Waals surface area contributed by atoms with Gasteiger partial charge >= 0.3 is 0 Å². The number of hydrogen-bond acceptors (Lipinski definition) is 6. The lowest BCUT2D eigenvalue weighted by Gasteiger charge is -2.11. The Morgan fingerprint density at radius 2 is 1.48 bits per heavy atom. The Morgan fingerprint density at radius 3 is 2.10 bits per heavy atom. The van der Waals surface area contributed by atoms with Gasteiger partial charge in [0.1, 0.15) is 36.4 Å². The third-order valence-electron chi connectivity index (χ3n) is 5.61. The molecule has 0 unspecified atom stereocenters. The van der Waals surface area contributed by atoms with E-state index in [1.54, 1.807) is 54.6 Å². The van der Waals surface area contributed by atoms with E-state index in [0.717, 1.165) is 20.1 Å². The van der Waals surface area contributed by atoms with Crippen molar-refractivity contribution in [2.75, 3.05) is 5.32 Å². The second-order valence-electron chi connectivity index (χ2n) is 8.46. The normalized spacial score (nSPS) is 10.9. The van der Waals surface area contributed by atoms with Crippen LogP contribution in [0.2, 0.25) is 0 Å². The second-order valence-corrected chi connectivity index (χ2v) is 10.3. The Labute approximate surface area is 247 Å². The van der Waals surface area contributed by atoms with E-state index >= 15 is 0 Å². The summed E-state index contributed by atoms with van der Waals surface area (Å²) in [5, 5.41) is 23.3. The van der Waals surface area contributed by atoms with Gasteiger partial charge in [0, 0.05) is 32.3 Å². The van der Waals surface area contributed by atoms with Crippen LogP contribution in [0.15, 0.2) is 106 Å². The molecular weight excluding hydrogens is 642 g/mol. The molecule has 200 valence electrons. The fourth-order valence-corrected chi connectivity index (χ4v) is 4.17. The van der Waals surface area contributed by atoms with Gasteiger partial charge in [-0.2, -0.15) is 5.26 Å². The summed E-state index contributed by atoms with van der Waals surface area (Å²) in [6, 6.07) is 27.9. The van der Waals surface area contributed by atoms with Crippen LogP contribution in [0, 0.1) is 21.4 Å². The van der Waals surface area contributed by atoms with E-state index < -0.39 is 10.8 Å². The number of nitriles is 1. The Balaban J connectivity index is 1.41. The van der Waals surface area contributed by atoms with Crippen LogP contribution < -0.4 is 14.8 Å². The van der Waals surface area contributed by atoms with Gasteiger partial charge in [0.2, 0.25) is 0 Å². The molecule has 0 heterocycles. The van der Waals surface area contributed by atoms with E-state index in [9.17, 15) is 20.2 Å². The number of benzene rings is 4. The molecule has 4 aromatic carbocycles. The summed E-state index contributed by atoms with van der Waals surface area (Å²) >= 11 is 6.81. The quantitative estimate of drug-likeness (QED) is 0.0801. The summed E-state index contributed by atoms with van der Waals surface area (Å²) in [7, 11) is 0. The Bertz CT molecular complexity index is 1580. The number of nitrogens with zero attached hydrogens (tertiary/aromatic N) is 2. The van der Waals surface area contributed by atoms with E-state index in [4.69, 9.17) is 9.47 Å². The smallest absolute Gasteiger partial charge is 0.269 e. The van der Waals surface area contributed by atoms with Crippen molar-refractivity contribution in [1.29, 1.82) is 5.26 Å². The molecule has 4 aromatic rings. The van der Waals surface area contributed by atoms with Crippen LogP contribution >= 0.6 is 31.9 Å². The fourth-order valence-electron chi connectivity index (χ4n) is 3.52. The molecule has 0 atom stereocenters. The number of ether oxygens (including phenoxy) is 2. The van der Waals surface area contributed by atoms with Gasteiger partial charge in [-0.15, -0.1) is 0 Å². The van der Waals surface area contributed by atoms with Crippen LogP contribution in [0.3, 0.4) is 0 Å². The summed E-state index contributed by atoms with van der Waals surface area (Å²) in [5.74, 6) is 0.502. The first-order valence-electron chi connectivity index (χ1n) is 11.9. The zero-order valence-electron chi connectivity index (χ0n) is 20.8. The fraction of sp³-hybridized carbons (Fsp3) is 0.0667. The van der Waals surface area contributed by atoms with Gasteiger partial charge in [-0.3, -0.25) is 14.9 Å². The van der Waals surface area contributed by atoms with Crippen LogP contribution in [-0.2, 0) is 18.0 Å². The molecule has 0 aliphatic rings. The molecule has 0 saturated carbocycles. The molecule has 0 aliphatic heterocycles. The first kappa shape index (κ1) is 28.5. The highest BCUT2D eigenvalue weighted by Crippen LogP contribution is 2.27. The maximum absolute atomic E-state index is 12.9. The van der Waals surface area contributed by atoms with E-state index in [2.05, 4.69) is 37.2 Å². The summed E-state index contributed by atoms with van der Waals surface area (Å²) in [4.78, 5) is 23.3.